The minimum atomic E-state index is -3.44. The van der Waals surface area contributed by atoms with Crippen LogP contribution in [0.2, 0.25) is 0 Å². The Kier molecular flexibility index (Phi) is 6.11. The number of hydrogen-bond donors (Lipinski definition) is 2. The van der Waals surface area contributed by atoms with Gasteiger partial charge in [0, 0.05) is 12.1 Å². The summed E-state index contributed by atoms with van der Waals surface area (Å²) in [7, 11) is -3.44. The van der Waals surface area contributed by atoms with Gasteiger partial charge in [0.2, 0.25) is 10.0 Å². The molecule has 0 aromatic carbocycles. The highest BCUT2D eigenvalue weighted by Gasteiger charge is 2.21. The number of halogens is 2. The molecule has 0 aliphatic heterocycles. The lowest BCUT2D eigenvalue weighted by Gasteiger charge is -2.18. The van der Waals surface area contributed by atoms with Gasteiger partial charge in [-0.3, -0.25) is 0 Å². The number of rotatable bonds is 4. The lowest BCUT2D eigenvalue weighted by Crippen LogP contribution is -2.44. The Morgan fingerprint density at radius 2 is 2.06 bits per heavy atom. The van der Waals surface area contributed by atoms with Gasteiger partial charge in [0.15, 0.2) is 0 Å². The number of nitrogens with two attached hydrogens (primary N) is 1. The van der Waals surface area contributed by atoms with Crippen molar-refractivity contribution in [2.24, 2.45) is 5.73 Å². The Labute approximate surface area is 121 Å². The molecule has 0 saturated heterocycles. The van der Waals surface area contributed by atoms with Crippen molar-refractivity contribution in [1.29, 1.82) is 0 Å². The molecule has 3 N–H and O–H groups in total. The van der Waals surface area contributed by atoms with Crippen LogP contribution in [-0.2, 0) is 10.0 Å². The molecule has 0 spiro atoms. The first-order valence-corrected chi connectivity index (χ1v) is 7.75. The minimum absolute atomic E-state index is 0. The average Bonchev–Trinajstić information content (AvgIpc) is 2.44. The molecule has 100 valence electrons. The van der Waals surface area contributed by atoms with E-state index in [0.717, 1.165) is 9.35 Å². The normalized spacial score (nSPS) is 12.3. The van der Waals surface area contributed by atoms with Crippen molar-refractivity contribution >= 4 is 49.7 Å². The zero-order valence-corrected chi connectivity index (χ0v) is 13.8. The van der Waals surface area contributed by atoms with Crippen molar-refractivity contribution in [3.8, 4) is 0 Å². The average molecular weight is 364 g/mol. The first-order valence-electron chi connectivity index (χ1n) is 4.66. The highest BCUT2D eigenvalue weighted by atomic mass is 79.9. The summed E-state index contributed by atoms with van der Waals surface area (Å²) in [6.45, 7) is 5.60. The van der Waals surface area contributed by atoms with E-state index >= 15 is 0 Å². The van der Waals surface area contributed by atoms with Crippen LogP contribution in [0.1, 0.15) is 19.4 Å². The molecule has 0 radical (unpaired) electrons. The lowest BCUT2D eigenvalue weighted by atomic mass is 10.1. The fourth-order valence-corrected chi connectivity index (χ4v) is 4.41. The Bertz CT molecular complexity index is 460. The molecule has 0 aliphatic rings. The molecule has 4 nitrogen and oxygen atoms in total. The van der Waals surface area contributed by atoms with Crippen LogP contribution in [0.4, 0.5) is 0 Å². The summed E-state index contributed by atoms with van der Waals surface area (Å²) in [5, 5.41) is 0. The van der Waals surface area contributed by atoms with Gasteiger partial charge >= 0.3 is 0 Å². The summed E-state index contributed by atoms with van der Waals surface area (Å²) in [4.78, 5) is 0. The molecular weight excluding hydrogens is 348 g/mol. The maximum Gasteiger partial charge on any atom is 0.250 e. The third-order valence-corrected chi connectivity index (χ3v) is 5.83. The molecule has 1 heterocycles. The number of aryl methyl sites for hydroxylation is 1. The number of nitrogens with one attached hydrogen (secondary N) is 1. The van der Waals surface area contributed by atoms with Gasteiger partial charge in [0.05, 0.1) is 3.79 Å². The van der Waals surface area contributed by atoms with Gasteiger partial charge in [0.1, 0.15) is 4.21 Å². The summed E-state index contributed by atoms with van der Waals surface area (Å²) in [5.74, 6) is 0. The van der Waals surface area contributed by atoms with Crippen LogP contribution >= 0.6 is 39.7 Å². The summed E-state index contributed by atoms with van der Waals surface area (Å²) in [6, 6.07) is 1.64. The van der Waals surface area contributed by atoms with Gasteiger partial charge in [0.25, 0.3) is 0 Å². The Hall–Kier alpha value is 0.340. The van der Waals surface area contributed by atoms with Crippen LogP contribution in [0, 0.1) is 6.92 Å². The third-order valence-electron chi connectivity index (χ3n) is 1.82. The van der Waals surface area contributed by atoms with Gasteiger partial charge in [-0.1, -0.05) is 0 Å². The molecule has 0 unspecified atom stereocenters. The highest BCUT2D eigenvalue weighted by molar-refractivity contribution is 9.11. The molecule has 0 bridgehead atoms. The molecule has 1 aromatic rings. The van der Waals surface area contributed by atoms with E-state index in [1.165, 1.54) is 11.3 Å². The van der Waals surface area contributed by atoms with E-state index < -0.39 is 15.6 Å². The van der Waals surface area contributed by atoms with E-state index in [9.17, 15) is 8.42 Å². The molecule has 0 aliphatic carbocycles. The second kappa shape index (κ2) is 5.99. The number of thiophene rings is 1. The molecule has 1 aromatic heterocycles. The van der Waals surface area contributed by atoms with Crippen LogP contribution in [0.5, 0.6) is 0 Å². The largest absolute Gasteiger partial charge is 0.324 e. The number of hydrogen-bond acceptors (Lipinski definition) is 4. The second-order valence-corrected chi connectivity index (χ2v) is 8.70. The molecule has 1 rings (SSSR count). The first-order chi connectivity index (χ1) is 7.12. The van der Waals surface area contributed by atoms with Gasteiger partial charge in [-0.2, -0.15) is 0 Å². The number of sulfonamides is 1. The van der Waals surface area contributed by atoms with E-state index in [2.05, 4.69) is 20.7 Å². The molecule has 0 atom stereocenters. The van der Waals surface area contributed by atoms with Crippen molar-refractivity contribution in [3.63, 3.8) is 0 Å². The molecule has 0 fully saturated rings. The second-order valence-electron chi connectivity index (χ2n) is 4.34. The molecular formula is C9H16BrClN2O2S2. The molecule has 8 heteroatoms. The minimum Gasteiger partial charge on any atom is -0.324 e. The highest BCUT2D eigenvalue weighted by Crippen LogP contribution is 2.30. The van der Waals surface area contributed by atoms with Crippen molar-refractivity contribution in [2.75, 3.05) is 6.54 Å². The predicted octanol–water partition coefficient (Wildman–Crippen LogP) is 2.26. The lowest BCUT2D eigenvalue weighted by molar-refractivity contribution is 0.498. The van der Waals surface area contributed by atoms with Crippen molar-refractivity contribution in [1.82, 2.24) is 4.72 Å². The predicted molar refractivity (Wildman–Crippen MR) is 77.5 cm³/mol. The van der Waals surface area contributed by atoms with E-state index in [1.54, 1.807) is 19.9 Å². The fraction of sp³-hybridized carbons (Fsp3) is 0.556. The first kappa shape index (κ1) is 17.3. The van der Waals surface area contributed by atoms with Crippen molar-refractivity contribution in [3.05, 3.63) is 15.4 Å². The Morgan fingerprint density at radius 1 is 1.53 bits per heavy atom. The van der Waals surface area contributed by atoms with E-state index in [4.69, 9.17) is 5.73 Å². The van der Waals surface area contributed by atoms with E-state index in [-0.39, 0.29) is 19.0 Å². The third kappa shape index (κ3) is 5.23. The van der Waals surface area contributed by atoms with Gasteiger partial charge in [-0.05, 0) is 48.3 Å². The maximum atomic E-state index is 11.9. The molecule has 0 saturated carbocycles. The monoisotopic (exact) mass is 362 g/mol. The van der Waals surface area contributed by atoms with Crippen LogP contribution in [-0.4, -0.2) is 20.5 Å². The van der Waals surface area contributed by atoms with Gasteiger partial charge < -0.3 is 5.73 Å². The molecule has 0 amide bonds. The fourth-order valence-electron chi connectivity index (χ4n) is 0.916. The van der Waals surface area contributed by atoms with Gasteiger partial charge in [-0.25, -0.2) is 13.1 Å². The van der Waals surface area contributed by atoms with Crippen molar-refractivity contribution in [2.45, 2.75) is 30.5 Å². The summed E-state index contributed by atoms with van der Waals surface area (Å²) in [5.41, 5.74) is 6.08. The summed E-state index contributed by atoms with van der Waals surface area (Å²) < 4.78 is 27.4. The van der Waals surface area contributed by atoms with Crippen LogP contribution < -0.4 is 10.5 Å². The standard InChI is InChI=1S/C9H15BrN2O2S2.ClH/c1-6-4-7(15-8(6)10)16(13,14)12-5-9(2,3)11;/h4,12H,5,11H2,1-3H3;1H. The zero-order valence-electron chi connectivity index (χ0n) is 9.78. The van der Waals surface area contributed by atoms with Crippen LogP contribution in [0.3, 0.4) is 0 Å². The van der Waals surface area contributed by atoms with Crippen LogP contribution in [0.15, 0.2) is 14.1 Å². The van der Waals surface area contributed by atoms with Crippen molar-refractivity contribution < 1.29 is 8.42 Å². The Morgan fingerprint density at radius 3 is 2.41 bits per heavy atom. The Balaban J connectivity index is 0.00000256. The quantitative estimate of drug-likeness (QED) is 0.862. The van der Waals surface area contributed by atoms with Crippen LogP contribution in [0.25, 0.3) is 0 Å². The maximum absolute atomic E-state index is 11.9. The summed E-state index contributed by atoms with van der Waals surface area (Å²) >= 11 is 4.50. The smallest absolute Gasteiger partial charge is 0.250 e. The van der Waals surface area contributed by atoms with Gasteiger partial charge in [-0.15, -0.1) is 23.7 Å². The zero-order chi connectivity index (χ0) is 12.6. The topological polar surface area (TPSA) is 72.2 Å². The van der Waals surface area contributed by atoms with E-state index in [0.29, 0.717) is 4.21 Å². The summed E-state index contributed by atoms with van der Waals surface area (Å²) in [6.07, 6.45) is 0. The SMILES string of the molecule is Cc1cc(S(=O)(=O)NCC(C)(C)N)sc1Br.Cl. The van der Waals surface area contributed by atoms with E-state index in [1.807, 2.05) is 6.92 Å². The molecule has 17 heavy (non-hydrogen) atoms.